The summed E-state index contributed by atoms with van der Waals surface area (Å²) >= 11 is 0. The van der Waals surface area contributed by atoms with Crippen LogP contribution in [0.25, 0.3) is 21.9 Å². The first-order chi connectivity index (χ1) is 18.3. The number of rotatable bonds is 8. The number of anilines is 1. The minimum absolute atomic E-state index is 0.128. The molecule has 1 aliphatic carbocycles. The molecule has 1 atom stereocenters. The van der Waals surface area contributed by atoms with Crippen LogP contribution in [0.5, 0.6) is 5.75 Å². The van der Waals surface area contributed by atoms with Crippen molar-refractivity contribution in [3.8, 4) is 5.75 Å². The number of nitrogens with zero attached hydrogens (tertiary/aromatic N) is 2. The van der Waals surface area contributed by atoms with Gasteiger partial charge in [-0.1, -0.05) is 62.4 Å². The number of benzene rings is 3. The first-order valence-electron chi connectivity index (χ1n) is 13.1. The van der Waals surface area contributed by atoms with Crippen LogP contribution >= 0.6 is 0 Å². The number of carboxylic acid groups (broad SMARTS) is 1. The van der Waals surface area contributed by atoms with Crippen molar-refractivity contribution in [2.75, 3.05) is 12.4 Å². The van der Waals surface area contributed by atoms with Gasteiger partial charge < -0.3 is 24.5 Å². The van der Waals surface area contributed by atoms with Crippen molar-refractivity contribution in [2.24, 2.45) is 5.92 Å². The van der Waals surface area contributed by atoms with Crippen LogP contribution in [0.1, 0.15) is 39.5 Å². The fraction of sp³-hybridized carbons (Fsp3) is 0.367. The monoisotopic (exact) mass is 515 g/mol. The SMILES string of the molecule is CC(C)[C@H](Nc1nc2ccccc2o1)C(=O)N(C)C1(C(=O)O)CCC(Oc2cccc3ccccc23)CC1. The van der Waals surface area contributed by atoms with Gasteiger partial charge >= 0.3 is 5.97 Å². The van der Waals surface area contributed by atoms with Crippen molar-refractivity contribution in [1.29, 1.82) is 0 Å². The average molecular weight is 516 g/mol. The van der Waals surface area contributed by atoms with Gasteiger partial charge in [0.25, 0.3) is 6.01 Å². The number of carbonyl (C=O) groups is 2. The molecular formula is C30H33N3O5. The van der Waals surface area contributed by atoms with E-state index in [4.69, 9.17) is 9.15 Å². The number of fused-ring (bicyclic) bond motifs is 2. The predicted octanol–water partition coefficient (Wildman–Crippen LogP) is 5.72. The number of aromatic nitrogens is 1. The lowest BCUT2D eigenvalue weighted by atomic mass is 9.78. The molecule has 1 aromatic heterocycles. The zero-order chi connectivity index (χ0) is 26.9. The van der Waals surface area contributed by atoms with E-state index in [1.807, 2.05) is 80.6 Å². The van der Waals surface area contributed by atoms with Crippen LogP contribution in [0, 0.1) is 5.92 Å². The Morgan fingerprint density at radius 1 is 1.05 bits per heavy atom. The van der Waals surface area contributed by atoms with Crippen molar-refractivity contribution in [3.63, 3.8) is 0 Å². The maximum Gasteiger partial charge on any atom is 0.329 e. The molecule has 3 aromatic carbocycles. The molecule has 0 spiro atoms. The number of carbonyl (C=O) groups excluding carboxylic acids is 1. The summed E-state index contributed by atoms with van der Waals surface area (Å²) < 4.78 is 12.1. The molecule has 1 saturated carbocycles. The second-order valence-electron chi connectivity index (χ2n) is 10.4. The molecular weight excluding hydrogens is 482 g/mol. The van der Waals surface area contributed by atoms with Gasteiger partial charge in [-0.05, 0) is 55.2 Å². The molecule has 1 heterocycles. The zero-order valence-electron chi connectivity index (χ0n) is 21.9. The quantitative estimate of drug-likeness (QED) is 0.309. The highest BCUT2D eigenvalue weighted by molar-refractivity contribution is 5.91. The normalized spacial score (nSPS) is 20.4. The zero-order valence-corrected chi connectivity index (χ0v) is 21.9. The molecule has 38 heavy (non-hydrogen) atoms. The van der Waals surface area contributed by atoms with Crippen LogP contribution in [0.4, 0.5) is 6.01 Å². The molecule has 0 saturated heterocycles. The number of carboxylic acids is 1. The Balaban J connectivity index is 1.31. The lowest BCUT2D eigenvalue weighted by Crippen LogP contribution is -2.61. The number of hydrogen-bond donors (Lipinski definition) is 2. The smallest absolute Gasteiger partial charge is 0.329 e. The van der Waals surface area contributed by atoms with E-state index in [0.717, 1.165) is 16.5 Å². The molecule has 198 valence electrons. The highest BCUT2D eigenvalue weighted by Gasteiger charge is 2.49. The van der Waals surface area contributed by atoms with Gasteiger partial charge in [-0.3, -0.25) is 4.79 Å². The fourth-order valence-corrected chi connectivity index (χ4v) is 5.36. The maximum absolute atomic E-state index is 13.7. The number of likely N-dealkylation sites (N-methyl/N-ethyl adjacent to an activating group) is 1. The number of aliphatic carboxylic acids is 1. The molecule has 0 aliphatic heterocycles. The molecule has 1 amide bonds. The molecule has 2 N–H and O–H groups in total. The van der Waals surface area contributed by atoms with Gasteiger partial charge in [0, 0.05) is 12.4 Å². The summed E-state index contributed by atoms with van der Waals surface area (Å²) in [5, 5.41) is 15.6. The highest BCUT2D eigenvalue weighted by Crippen LogP contribution is 2.37. The molecule has 0 radical (unpaired) electrons. The Morgan fingerprint density at radius 2 is 1.74 bits per heavy atom. The van der Waals surface area contributed by atoms with Crippen molar-refractivity contribution in [3.05, 3.63) is 66.7 Å². The van der Waals surface area contributed by atoms with Gasteiger partial charge in [0.2, 0.25) is 5.91 Å². The van der Waals surface area contributed by atoms with E-state index in [2.05, 4.69) is 10.3 Å². The van der Waals surface area contributed by atoms with Gasteiger partial charge in [-0.2, -0.15) is 4.98 Å². The third-order valence-electron chi connectivity index (χ3n) is 7.68. The van der Waals surface area contributed by atoms with Crippen molar-refractivity contribution >= 4 is 39.8 Å². The van der Waals surface area contributed by atoms with Crippen LogP contribution < -0.4 is 10.1 Å². The average Bonchev–Trinajstić information content (AvgIpc) is 3.34. The largest absolute Gasteiger partial charge is 0.490 e. The molecule has 5 rings (SSSR count). The Bertz CT molecular complexity index is 1420. The van der Waals surface area contributed by atoms with Gasteiger partial charge in [-0.15, -0.1) is 0 Å². The number of ether oxygens (including phenoxy) is 1. The molecule has 0 bridgehead atoms. The summed E-state index contributed by atoms with van der Waals surface area (Å²) in [5.41, 5.74) is -0.0130. The Morgan fingerprint density at radius 3 is 2.45 bits per heavy atom. The van der Waals surface area contributed by atoms with Crippen LogP contribution in [-0.4, -0.2) is 51.6 Å². The first kappa shape index (κ1) is 25.6. The van der Waals surface area contributed by atoms with Crippen molar-refractivity contribution in [2.45, 2.75) is 57.2 Å². The van der Waals surface area contributed by atoms with E-state index < -0.39 is 17.6 Å². The molecule has 0 unspecified atom stereocenters. The van der Waals surface area contributed by atoms with Crippen LogP contribution in [0.3, 0.4) is 0 Å². The number of nitrogens with one attached hydrogen (secondary N) is 1. The number of para-hydroxylation sites is 2. The Hall–Kier alpha value is -4.07. The van der Waals surface area contributed by atoms with Gasteiger partial charge in [0.1, 0.15) is 22.8 Å². The van der Waals surface area contributed by atoms with Gasteiger partial charge in [0.15, 0.2) is 5.58 Å². The predicted molar refractivity (Wildman–Crippen MR) is 146 cm³/mol. The molecule has 4 aromatic rings. The van der Waals surface area contributed by atoms with Crippen LogP contribution in [0.2, 0.25) is 0 Å². The van der Waals surface area contributed by atoms with Crippen molar-refractivity contribution < 1.29 is 23.8 Å². The Kier molecular flexibility index (Phi) is 6.97. The molecule has 1 fully saturated rings. The van der Waals surface area contributed by atoms with Crippen LogP contribution in [0.15, 0.2) is 71.1 Å². The maximum atomic E-state index is 13.7. The Labute approximate surface area is 221 Å². The summed E-state index contributed by atoms with van der Waals surface area (Å²) in [5.74, 6) is -0.640. The van der Waals surface area contributed by atoms with E-state index in [1.54, 1.807) is 7.05 Å². The first-order valence-corrected chi connectivity index (χ1v) is 13.1. The van der Waals surface area contributed by atoms with E-state index >= 15 is 0 Å². The van der Waals surface area contributed by atoms with Crippen LogP contribution in [-0.2, 0) is 9.59 Å². The third-order valence-corrected chi connectivity index (χ3v) is 7.68. The van der Waals surface area contributed by atoms with Crippen molar-refractivity contribution in [1.82, 2.24) is 9.88 Å². The van der Waals surface area contributed by atoms with Gasteiger partial charge in [0.05, 0.1) is 6.10 Å². The number of hydrogen-bond acceptors (Lipinski definition) is 6. The second kappa shape index (κ2) is 10.4. The number of oxazole rings is 1. The summed E-state index contributed by atoms with van der Waals surface area (Å²) in [6.45, 7) is 3.82. The fourth-order valence-electron chi connectivity index (χ4n) is 5.36. The topological polar surface area (TPSA) is 105 Å². The highest BCUT2D eigenvalue weighted by atomic mass is 16.5. The van der Waals surface area contributed by atoms with E-state index in [-0.39, 0.29) is 23.9 Å². The van der Waals surface area contributed by atoms with Gasteiger partial charge in [-0.25, -0.2) is 4.79 Å². The van der Waals surface area contributed by atoms with E-state index in [0.29, 0.717) is 36.8 Å². The summed E-state index contributed by atoms with van der Waals surface area (Å²) in [6, 6.07) is 20.9. The van der Waals surface area contributed by atoms with E-state index in [9.17, 15) is 14.7 Å². The van der Waals surface area contributed by atoms with E-state index in [1.165, 1.54) is 4.90 Å². The summed E-state index contributed by atoms with van der Waals surface area (Å²) in [6.07, 6.45) is 1.52. The lowest BCUT2D eigenvalue weighted by molar-refractivity contribution is -0.162. The minimum atomic E-state index is -1.31. The standard InChI is InChI=1S/C30H33N3O5/c1-19(2)26(32-29-31-23-12-6-7-13-25(23)38-29)27(34)33(3)30(28(35)36)17-15-21(16-18-30)37-24-14-8-10-20-9-4-5-11-22(20)24/h4-14,19,21,26H,15-18H2,1-3H3,(H,31,32)(H,35,36)/t21?,26-,30?/m0/s1. The lowest BCUT2D eigenvalue weighted by Gasteiger charge is -2.44. The minimum Gasteiger partial charge on any atom is -0.490 e. The third kappa shape index (κ3) is 4.78. The number of amides is 1. The molecule has 8 nitrogen and oxygen atoms in total. The second-order valence-corrected chi connectivity index (χ2v) is 10.4. The summed E-state index contributed by atoms with van der Waals surface area (Å²) in [7, 11) is 1.59. The molecule has 1 aliphatic rings. The summed E-state index contributed by atoms with van der Waals surface area (Å²) in [4.78, 5) is 32.2. The molecule has 8 heteroatoms.